The minimum absolute atomic E-state index is 0.348. The molecule has 1 fully saturated rings. The van der Waals surface area contributed by atoms with Crippen LogP contribution >= 0.6 is 0 Å². The number of aromatic nitrogens is 1. The van der Waals surface area contributed by atoms with Gasteiger partial charge in [-0.3, -0.25) is 15.1 Å². The molecule has 1 saturated heterocycles. The number of hydrogen-bond donors (Lipinski definition) is 2. The molecule has 0 aliphatic carbocycles. The van der Waals surface area contributed by atoms with Gasteiger partial charge in [-0.15, -0.1) is 0 Å². The van der Waals surface area contributed by atoms with Crippen LogP contribution in [0.2, 0.25) is 0 Å². The quantitative estimate of drug-likeness (QED) is 0.483. The van der Waals surface area contributed by atoms with Crippen LogP contribution in [-0.4, -0.2) is 53.4 Å². The van der Waals surface area contributed by atoms with Crippen LogP contribution in [0.1, 0.15) is 35.9 Å². The van der Waals surface area contributed by atoms with Gasteiger partial charge < -0.3 is 4.90 Å². The van der Waals surface area contributed by atoms with E-state index >= 15 is 0 Å². The number of nitrogens with zero attached hydrogens (tertiary/aromatic N) is 3. The van der Waals surface area contributed by atoms with E-state index in [1.165, 1.54) is 0 Å². The van der Waals surface area contributed by atoms with Gasteiger partial charge in [-0.05, 0) is 38.6 Å². The second-order valence-electron chi connectivity index (χ2n) is 5.64. The lowest BCUT2D eigenvalue weighted by atomic mass is 10.1. The van der Waals surface area contributed by atoms with Crippen molar-refractivity contribution in [2.24, 2.45) is 5.84 Å². The minimum Gasteiger partial charge on any atom is -0.305 e. The average Bonchev–Trinajstić information content (AvgIpc) is 2.68. The third kappa shape index (κ3) is 4.23. The molecule has 1 unspecified atom stereocenters. The predicted octanol–water partition coefficient (Wildman–Crippen LogP) is 0.601. The Morgan fingerprint density at radius 2 is 2.29 bits per heavy atom. The van der Waals surface area contributed by atoms with Crippen molar-refractivity contribution in [1.29, 1.82) is 0 Å². The molecule has 1 amide bonds. The Morgan fingerprint density at radius 1 is 1.48 bits per heavy atom. The first-order valence-corrected chi connectivity index (χ1v) is 7.53. The SMILES string of the molecule is CCC1CN(C)CCCN1Cc1cccc(C(=O)NN)n1. The number of hydrazine groups is 1. The molecule has 1 aromatic heterocycles. The van der Waals surface area contributed by atoms with Crippen molar-refractivity contribution in [3.8, 4) is 0 Å². The number of hydrogen-bond acceptors (Lipinski definition) is 5. The highest BCUT2D eigenvalue weighted by Crippen LogP contribution is 2.15. The summed E-state index contributed by atoms with van der Waals surface area (Å²) < 4.78 is 0. The van der Waals surface area contributed by atoms with E-state index < -0.39 is 0 Å². The van der Waals surface area contributed by atoms with Gasteiger partial charge in [-0.25, -0.2) is 10.8 Å². The molecule has 6 nitrogen and oxygen atoms in total. The van der Waals surface area contributed by atoms with Crippen LogP contribution in [0.4, 0.5) is 0 Å². The van der Waals surface area contributed by atoms with Gasteiger partial charge in [0.1, 0.15) is 5.69 Å². The monoisotopic (exact) mass is 291 g/mol. The van der Waals surface area contributed by atoms with Crippen molar-refractivity contribution < 1.29 is 4.79 Å². The summed E-state index contributed by atoms with van der Waals surface area (Å²) in [5.74, 6) is 4.81. The van der Waals surface area contributed by atoms with E-state index in [0.29, 0.717) is 11.7 Å². The van der Waals surface area contributed by atoms with Crippen molar-refractivity contribution >= 4 is 5.91 Å². The van der Waals surface area contributed by atoms with E-state index in [0.717, 1.165) is 44.7 Å². The lowest BCUT2D eigenvalue weighted by Gasteiger charge is -2.29. The van der Waals surface area contributed by atoms with Gasteiger partial charge in [0.25, 0.3) is 5.91 Å². The normalized spacial score (nSPS) is 21.0. The van der Waals surface area contributed by atoms with Crippen LogP contribution in [0.15, 0.2) is 18.2 Å². The topological polar surface area (TPSA) is 74.5 Å². The molecule has 0 bridgehead atoms. The number of likely N-dealkylation sites (N-methyl/N-ethyl adjacent to an activating group) is 1. The van der Waals surface area contributed by atoms with Crippen LogP contribution in [0.5, 0.6) is 0 Å². The number of pyridine rings is 1. The molecule has 6 heteroatoms. The highest BCUT2D eigenvalue weighted by Gasteiger charge is 2.22. The molecule has 21 heavy (non-hydrogen) atoms. The molecule has 0 aromatic carbocycles. The Balaban J connectivity index is 2.10. The first-order valence-electron chi connectivity index (χ1n) is 7.53. The van der Waals surface area contributed by atoms with E-state index in [-0.39, 0.29) is 5.91 Å². The molecule has 1 aliphatic heterocycles. The summed E-state index contributed by atoms with van der Waals surface area (Å²) in [7, 11) is 2.18. The summed E-state index contributed by atoms with van der Waals surface area (Å²) in [5.41, 5.74) is 3.41. The maximum Gasteiger partial charge on any atom is 0.283 e. The van der Waals surface area contributed by atoms with Crippen LogP contribution in [0.25, 0.3) is 0 Å². The molecule has 0 radical (unpaired) electrons. The maximum absolute atomic E-state index is 11.6. The summed E-state index contributed by atoms with van der Waals surface area (Å²) in [6, 6.07) is 6.04. The summed E-state index contributed by atoms with van der Waals surface area (Å²) in [6.45, 7) is 6.29. The Labute approximate surface area is 126 Å². The van der Waals surface area contributed by atoms with Gasteiger partial charge in [-0.2, -0.15) is 0 Å². The van der Waals surface area contributed by atoms with Crippen molar-refractivity contribution in [3.05, 3.63) is 29.6 Å². The molecule has 0 saturated carbocycles. The van der Waals surface area contributed by atoms with Gasteiger partial charge in [0.15, 0.2) is 0 Å². The number of carbonyl (C=O) groups excluding carboxylic acids is 1. The number of nitrogens with two attached hydrogens (primary N) is 1. The first-order chi connectivity index (χ1) is 10.1. The molecule has 1 aromatic rings. The molecule has 2 heterocycles. The van der Waals surface area contributed by atoms with Gasteiger partial charge in [0.2, 0.25) is 0 Å². The smallest absolute Gasteiger partial charge is 0.283 e. The van der Waals surface area contributed by atoms with E-state index in [1.54, 1.807) is 6.07 Å². The zero-order valence-corrected chi connectivity index (χ0v) is 12.9. The lowest BCUT2D eigenvalue weighted by molar-refractivity contribution is 0.0948. The molecule has 1 aliphatic rings. The van der Waals surface area contributed by atoms with Crippen LogP contribution in [-0.2, 0) is 6.54 Å². The zero-order chi connectivity index (χ0) is 15.2. The predicted molar refractivity (Wildman–Crippen MR) is 82.5 cm³/mol. The maximum atomic E-state index is 11.6. The van der Waals surface area contributed by atoms with Crippen molar-refractivity contribution in [3.63, 3.8) is 0 Å². The second-order valence-corrected chi connectivity index (χ2v) is 5.64. The molecular weight excluding hydrogens is 266 g/mol. The molecule has 1 atom stereocenters. The third-order valence-corrected chi connectivity index (χ3v) is 4.03. The van der Waals surface area contributed by atoms with Crippen molar-refractivity contribution in [2.45, 2.75) is 32.4 Å². The van der Waals surface area contributed by atoms with Crippen molar-refractivity contribution in [2.75, 3.05) is 26.7 Å². The molecule has 2 rings (SSSR count). The minimum atomic E-state index is -0.348. The fourth-order valence-electron chi connectivity index (χ4n) is 2.86. The molecule has 0 spiro atoms. The third-order valence-electron chi connectivity index (χ3n) is 4.03. The number of nitrogen functional groups attached to an aromatic ring is 1. The number of carbonyl (C=O) groups is 1. The Bertz CT molecular complexity index is 479. The van der Waals surface area contributed by atoms with Gasteiger partial charge >= 0.3 is 0 Å². The Hall–Kier alpha value is -1.50. The highest BCUT2D eigenvalue weighted by atomic mass is 16.2. The van der Waals surface area contributed by atoms with E-state index in [4.69, 9.17) is 5.84 Å². The fraction of sp³-hybridized carbons (Fsp3) is 0.600. The molecule has 3 N–H and O–H groups in total. The van der Waals surface area contributed by atoms with E-state index in [1.807, 2.05) is 12.1 Å². The fourth-order valence-corrected chi connectivity index (χ4v) is 2.86. The number of amides is 1. The van der Waals surface area contributed by atoms with Crippen LogP contribution in [0, 0.1) is 0 Å². The lowest BCUT2D eigenvalue weighted by Crippen LogP contribution is -2.39. The Kier molecular flexibility index (Phi) is 5.67. The summed E-state index contributed by atoms with van der Waals surface area (Å²) in [5, 5.41) is 0. The molecular formula is C15H25N5O. The van der Waals surface area contributed by atoms with Crippen LogP contribution in [0.3, 0.4) is 0 Å². The van der Waals surface area contributed by atoms with Gasteiger partial charge in [0, 0.05) is 25.7 Å². The number of rotatable bonds is 4. The van der Waals surface area contributed by atoms with Gasteiger partial charge in [-0.1, -0.05) is 13.0 Å². The number of nitrogens with one attached hydrogen (secondary N) is 1. The van der Waals surface area contributed by atoms with Crippen LogP contribution < -0.4 is 11.3 Å². The summed E-state index contributed by atoms with van der Waals surface area (Å²) in [4.78, 5) is 20.8. The second kappa shape index (κ2) is 7.49. The van der Waals surface area contributed by atoms with E-state index in [2.05, 4.69) is 34.2 Å². The van der Waals surface area contributed by atoms with Crippen molar-refractivity contribution in [1.82, 2.24) is 20.2 Å². The standard InChI is InChI=1S/C15H25N5O/c1-3-13-11-19(2)8-5-9-20(13)10-12-6-4-7-14(17-12)15(21)18-16/h4,6-7,13H,3,5,8-11,16H2,1-2H3,(H,18,21). The average molecular weight is 291 g/mol. The van der Waals surface area contributed by atoms with E-state index in [9.17, 15) is 4.79 Å². The summed E-state index contributed by atoms with van der Waals surface area (Å²) >= 11 is 0. The summed E-state index contributed by atoms with van der Waals surface area (Å²) in [6.07, 6.45) is 2.28. The zero-order valence-electron chi connectivity index (χ0n) is 12.9. The van der Waals surface area contributed by atoms with Gasteiger partial charge in [0.05, 0.1) is 5.69 Å². The largest absolute Gasteiger partial charge is 0.305 e. The highest BCUT2D eigenvalue weighted by molar-refractivity contribution is 5.91. The first kappa shape index (κ1) is 15.9. The molecule has 116 valence electrons. The Morgan fingerprint density at radius 3 is 3.00 bits per heavy atom.